The molecule has 1 fully saturated rings. The summed E-state index contributed by atoms with van der Waals surface area (Å²) in [6.07, 6.45) is -2.30. The molecule has 0 spiro atoms. The van der Waals surface area contributed by atoms with Gasteiger partial charge in [-0.1, -0.05) is 15.9 Å². The molecule has 1 aromatic rings. The number of alkyl halides is 3. The van der Waals surface area contributed by atoms with Crippen LogP contribution >= 0.6 is 15.9 Å². The molecule has 1 aromatic carbocycles. The molecule has 0 aromatic heterocycles. The summed E-state index contributed by atoms with van der Waals surface area (Å²) in [5.74, 6) is 0.343. The van der Waals surface area contributed by atoms with Gasteiger partial charge in [-0.25, -0.2) is 0 Å². The fraction of sp³-hybridized carbons (Fsp3) is 0.455. The van der Waals surface area contributed by atoms with Crippen LogP contribution in [0.25, 0.3) is 0 Å². The number of halogens is 4. The van der Waals surface area contributed by atoms with Crippen LogP contribution in [0.5, 0.6) is 0 Å². The first-order valence-electron chi connectivity index (χ1n) is 5.01. The van der Waals surface area contributed by atoms with Crippen molar-refractivity contribution >= 4 is 15.9 Å². The van der Waals surface area contributed by atoms with Gasteiger partial charge in [0.2, 0.25) is 0 Å². The van der Waals surface area contributed by atoms with E-state index in [0.717, 1.165) is 25.0 Å². The average molecular weight is 294 g/mol. The summed E-state index contributed by atoms with van der Waals surface area (Å²) in [7, 11) is 0. The lowest BCUT2D eigenvalue weighted by molar-refractivity contribution is -0.137. The molecule has 0 unspecified atom stereocenters. The standard InChI is InChI=1S/C11H11BrF3N/c12-9-4-7(10(16)6-1-2-6)3-8(5-9)11(13,14)15/h3-6,10H,1-2,16H2/t10-/m1/s1. The lowest BCUT2D eigenvalue weighted by atomic mass is 10.0. The number of hydrogen-bond acceptors (Lipinski definition) is 1. The molecule has 1 saturated carbocycles. The topological polar surface area (TPSA) is 26.0 Å². The van der Waals surface area contributed by atoms with Crippen LogP contribution in [0.15, 0.2) is 22.7 Å². The number of rotatable bonds is 2. The maximum Gasteiger partial charge on any atom is 0.416 e. The third-order valence-corrected chi connectivity index (χ3v) is 3.22. The van der Waals surface area contributed by atoms with Crippen molar-refractivity contribution in [2.75, 3.05) is 0 Å². The Morgan fingerprint density at radius 3 is 2.38 bits per heavy atom. The van der Waals surface area contributed by atoms with Gasteiger partial charge in [-0.2, -0.15) is 13.2 Å². The zero-order chi connectivity index (χ0) is 11.9. The van der Waals surface area contributed by atoms with E-state index in [1.54, 1.807) is 6.07 Å². The van der Waals surface area contributed by atoms with E-state index in [0.29, 0.717) is 16.0 Å². The van der Waals surface area contributed by atoms with E-state index < -0.39 is 11.7 Å². The third kappa shape index (κ3) is 2.58. The third-order valence-electron chi connectivity index (χ3n) is 2.76. The molecular formula is C11H11BrF3N. The van der Waals surface area contributed by atoms with Crippen LogP contribution in [0.4, 0.5) is 13.2 Å². The number of hydrogen-bond donors (Lipinski definition) is 1. The zero-order valence-electron chi connectivity index (χ0n) is 8.39. The smallest absolute Gasteiger partial charge is 0.324 e. The minimum Gasteiger partial charge on any atom is -0.324 e. The summed E-state index contributed by atoms with van der Waals surface area (Å²) in [5, 5.41) is 0. The van der Waals surface area contributed by atoms with E-state index in [9.17, 15) is 13.2 Å². The van der Waals surface area contributed by atoms with Gasteiger partial charge in [0, 0.05) is 10.5 Å². The van der Waals surface area contributed by atoms with E-state index in [2.05, 4.69) is 15.9 Å². The molecule has 0 saturated heterocycles. The lowest BCUT2D eigenvalue weighted by Crippen LogP contribution is -2.14. The first-order chi connectivity index (χ1) is 7.38. The summed E-state index contributed by atoms with van der Waals surface area (Å²) >= 11 is 3.09. The van der Waals surface area contributed by atoms with Crippen LogP contribution in [0.1, 0.15) is 30.0 Å². The normalized spacial score (nSPS) is 18.6. The molecule has 0 amide bonds. The Labute approximate surface area is 100.0 Å². The first-order valence-corrected chi connectivity index (χ1v) is 5.80. The zero-order valence-corrected chi connectivity index (χ0v) is 9.98. The van der Waals surface area contributed by atoms with Crippen LogP contribution in [0.2, 0.25) is 0 Å². The first kappa shape index (κ1) is 11.9. The maximum absolute atomic E-state index is 12.6. The van der Waals surface area contributed by atoms with Gasteiger partial charge in [0.1, 0.15) is 0 Å². The van der Waals surface area contributed by atoms with Crippen LogP contribution in [0, 0.1) is 5.92 Å². The van der Waals surface area contributed by atoms with Crippen molar-refractivity contribution in [3.05, 3.63) is 33.8 Å². The highest BCUT2D eigenvalue weighted by Crippen LogP contribution is 2.41. The maximum atomic E-state index is 12.6. The minimum atomic E-state index is -4.32. The largest absolute Gasteiger partial charge is 0.416 e. The molecule has 88 valence electrons. The Balaban J connectivity index is 2.35. The van der Waals surface area contributed by atoms with Crippen molar-refractivity contribution in [1.82, 2.24) is 0 Å². The highest BCUT2D eigenvalue weighted by atomic mass is 79.9. The highest BCUT2D eigenvalue weighted by molar-refractivity contribution is 9.10. The van der Waals surface area contributed by atoms with Gasteiger partial charge in [0.15, 0.2) is 0 Å². The van der Waals surface area contributed by atoms with Crippen molar-refractivity contribution in [3.63, 3.8) is 0 Å². The van der Waals surface area contributed by atoms with Gasteiger partial charge >= 0.3 is 6.18 Å². The predicted octanol–water partition coefficient (Wildman–Crippen LogP) is 3.88. The monoisotopic (exact) mass is 293 g/mol. The Bertz CT molecular complexity index is 399. The summed E-state index contributed by atoms with van der Waals surface area (Å²) in [5.41, 5.74) is 5.81. The van der Waals surface area contributed by atoms with Gasteiger partial charge in [0.05, 0.1) is 5.56 Å². The van der Waals surface area contributed by atoms with Crippen molar-refractivity contribution < 1.29 is 13.2 Å². The molecule has 0 bridgehead atoms. The second-order valence-corrected chi connectivity index (χ2v) is 5.05. The average Bonchev–Trinajstić information content (AvgIpc) is 2.97. The van der Waals surface area contributed by atoms with Crippen LogP contribution < -0.4 is 5.73 Å². The second-order valence-electron chi connectivity index (χ2n) is 4.13. The van der Waals surface area contributed by atoms with Gasteiger partial charge in [-0.15, -0.1) is 0 Å². The molecule has 1 atom stereocenters. The Morgan fingerprint density at radius 1 is 1.25 bits per heavy atom. The molecule has 0 heterocycles. The molecule has 0 aliphatic heterocycles. The van der Waals surface area contributed by atoms with Crippen molar-refractivity contribution in [2.24, 2.45) is 11.7 Å². The molecule has 2 rings (SSSR count). The van der Waals surface area contributed by atoms with Gasteiger partial charge in [-0.05, 0) is 42.5 Å². The van der Waals surface area contributed by atoms with Crippen molar-refractivity contribution in [3.8, 4) is 0 Å². The Kier molecular flexibility index (Phi) is 3.01. The van der Waals surface area contributed by atoms with E-state index >= 15 is 0 Å². The fourth-order valence-corrected chi connectivity index (χ4v) is 2.21. The Morgan fingerprint density at radius 2 is 1.88 bits per heavy atom. The quantitative estimate of drug-likeness (QED) is 0.880. The molecule has 1 aliphatic rings. The molecule has 1 aliphatic carbocycles. The van der Waals surface area contributed by atoms with Gasteiger partial charge in [-0.3, -0.25) is 0 Å². The summed E-state index contributed by atoms with van der Waals surface area (Å²) in [6.45, 7) is 0. The minimum absolute atomic E-state index is 0.279. The molecule has 16 heavy (non-hydrogen) atoms. The molecule has 1 nitrogen and oxygen atoms in total. The molecule has 0 radical (unpaired) electrons. The number of benzene rings is 1. The van der Waals surface area contributed by atoms with Gasteiger partial charge < -0.3 is 5.73 Å². The highest BCUT2D eigenvalue weighted by Gasteiger charge is 2.34. The predicted molar refractivity (Wildman–Crippen MR) is 58.8 cm³/mol. The van der Waals surface area contributed by atoms with Crippen LogP contribution in [0.3, 0.4) is 0 Å². The summed E-state index contributed by atoms with van der Waals surface area (Å²) in [4.78, 5) is 0. The Hall–Kier alpha value is -0.550. The van der Waals surface area contributed by atoms with E-state index in [4.69, 9.17) is 5.73 Å². The van der Waals surface area contributed by atoms with E-state index in [1.807, 2.05) is 0 Å². The summed E-state index contributed by atoms with van der Waals surface area (Å²) < 4.78 is 38.1. The number of nitrogens with two attached hydrogens (primary N) is 1. The molecule has 2 N–H and O–H groups in total. The summed E-state index contributed by atoms with van der Waals surface area (Å²) in [6, 6.07) is 3.60. The van der Waals surface area contributed by atoms with Crippen LogP contribution in [-0.2, 0) is 6.18 Å². The van der Waals surface area contributed by atoms with Crippen LogP contribution in [-0.4, -0.2) is 0 Å². The second kappa shape index (κ2) is 4.04. The van der Waals surface area contributed by atoms with Crippen molar-refractivity contribution in [2.45, 2.75) is 25.1 Å². The lowest BCUT2D eigenvalue weighted by Gasteiger charge is -2.14. The SMILES string of the molecule is N[C@@H](c1cc(Br)cc(C(F)(F)F)c1)C1CC1. The fourth-order valence-electron chi connectivity index (χ4n) is 1.70. The van der Waals surface area contributed by atoms with Crippen molar-refractivity contribution in [1.29, 1.82) is 0 Å². The van der Waals surface area contributed by atoms with E-state index in [1.165, 1.54) is 0 Å². The van der Waals surface area contributed by atoms with E-state index in [-0.39, 0.29) is 6.04 Å². The molecule has 5 heteroatoms. The van der Waals surface area contributed by atoms with Gasteiger partial charge in [0.25, 0.3) is 0 Å². The molecular weight excluding hydrogens is 283 g/mol.